The maximum absolute atomic E-state index is 5.97. The highest BCUT2D eigenvalue weighted by atomic mass is 16.7. The van der Waals surface area contributed by atoms with Crippen LogP contribution in [0.15, 0.2) is 66.9 Å². The molecule has 0 amide bonds. The maximum Gasteiger partial charge on any atom is 0.231 e. The fraction of sp³-hybridized carbons (Fsp3) is 0.148. The Morgan fingerprint density at radius 3 is 2.38 bits per heavy atom. The number of aromatic nitrogens is 1. The average Bonchev–Trinajstić information content (AvgIpc) is 3.48. The Morgan fingerprint density at radius 2 is 1.50 bits per heavy atom. The number of ether oxygens (including phenoxy) is 4. The van der Waals surface area contributed by atoms with Crippen LogP contribution in [-0.2, 0) is 13.5 Å². The number of fused-ring (bicyclic) bond motifs is 8. The highest BCUT2D eigenvalue weighted by Gasteiger charge is 2.27. The number of nitrogens with zero attached hydrogens (tertiary/aromatic N) is 1. The van der Waals surface area contributed by atoms with Crippen LogP contribution in [0, 0.1) is 0 Å². The smallest absolute Gasteiger partial charge is 0.231 e. The lowest BCUT2D eigenvalue weighted by molar-refractivity contribution is -0.642. The van der Waals surface area contributed by atoms with Crippen LogP contribution < -0.4 is 23.5 Å². The van der Waals surface area contributed by atoms with E-state index in [0.29, 0.717) is 0 Å². The van der Waals surface area contributed by atoms with Crippen molar-refractivity contribution in [2.45, 2.75) is 6.42 Å². The van der Waals surface area contributed by atoms with Gasteiger partial charge >= 0.3 is 0 Å². The van der Waals surface area contributed by atoms with Gasteiger partial charge < -0.3 is 18.9 Å². The van der Waals surface area contributed by atoms with E-state index < -0.39 is 0 Å². The van der Waals surface area contributed by atoms with Gasteiger partial charge in [-0.1, -0.05) is 36.4 Å². The number of hydrogen-bond donors (Lipinski definition) is 0. The molecule has 0 aliphatic carbocycles. The summed E-state index contributed by atoms with van der Waals surface area (Å²) in [4.78, 5) is 0. The normalized spacial score (nSPS) is 14.0. The van der Waals surface area contributed by atoms with E-state index in [0.717, 1.165) is 62.0 Å². The van der Waals surface area contributed by atoms with Crippen LogP contribution in [0.25, 0.3) is 32.4 Å². The van der Waals surface area contributed by atoms with Gasteiger partial charge in [0, 0.05) is 17.4 Å². The summed E-state index contributed by atoms with van der Waals surface area (Å²) in [6.07, 6.45) is 2.93. The van der Waals surface area contributed by atoms with E-state index in [9.17, 15) is 0 Å². The first kappa shape index (κ1) is 17.7. The Balaban J connectivity index is 1.54. The molecule has 1 aromatic heterocycles. The first-order chi connectivity index (χ1) is 15.8. The summed E-state index contributed by atoms with van der Waals surface area (Å²) in [6, 6.07) is 21.2. The molecule has 0 spiro atoms. The van der Waals surface area contributed by atoms with Crippen molar-refractivity contribution in [2.75, 3.05) is 13.6 Å². The predicted molar refractivity (Wildman–Crippen MR) is 122 cm³/mol. The van der Waals surface area contributed by atoms with Gasteiger partial charge in [-0.05, 0) is 35.2 Å². The van der Waals surface area contributed by atoms with Gasteiger partial charge in [0.2, 0.25) is 19.1 Å². The van der Waals surface area contributed by atoms with Gasteiger partial charge in [0.25, 0.3) is 0 Å². The third kappa shape index (κ3) is 2.48. The molecule has 0 bridgehead atoms. The lowest BCUT2D eigenvalue weighted by Gasteiger charge is -2.12. The summed E-state index contributed by atoms with van der Waals surface area (Å²) < 4.78 is 25.3. The summed E-state index contributed by atoms with van der Waals surface area (Å²) in [7, 11) is 2.08. The second-order valence-electron chi connectivity index (χ2n) is 8.35. The molecule has 0 radical (unpaired) electrons. The monoisotopic (exact) mass is 422 g/mol. The standard InChI is InChI=1S/C27H20NO4/c1-28-13-22-21(10-18(26-27(22)32-15-31-26)9-16-5-3-2-4-6-16)19-8-7-17-11-23-24(30-14-29-23)12-20(17)25(19)28/h2-8,10-13H,9,14-15H2,1H3/q+1. The minimum Gasteiger partial charge on any atom is -0.454 e. The van der Waals surface area contributed by atoms with Crippen LogP contribution in [-0.4, -0.2) is 13.6 Å². The average molecular weight is 422 g/mol. The van der Waals surface area contributed by atoms with Crippen LogP contribution >= 0.6 is 0 Å². The quantitative estimate of drug-likeness (QED) is 0.296. The fourth-order valence-electron chi connectivity index (χ4n) is 5.01. The number of pyridine rings is 1. The van der Waals surface area contributed by atoms with E-state index in [-0.39, 0.29) is 13.6 Å². The fourth-order valence-corrected chi connectivity index (χ4v) is 5.01. The third-order valence-electron chi connectivity index (χ3n) is 6.45. The molecule has 7 rings (SSSR count). The lowest BCUT2D eigenvalue weighted by atomic mass is 9.96. The molecular weight excluding hydrogens is 402 g/mol. The Hall–Kier alpha value is -3.99. The molecule has 2 aliphatic rings. The van der Waals surface area contributed by atoms with E-state index >= 15 is 0 Å². The van der Waals surface area contributed by atoms with Crippen molar-refractivity contribution in [2.24, 2.45) is 7.05 Å². The predicted octanol–water partition coefficient (Wildman–Crippen LogP) is 5.02. The minimum absolute atomic E-state index is 0.249. The molecule has 0 saturated heterocycles. The number of rotatable bonds is 2. The summed E-state index contributed by atoms with van der Waals surface area (Å²) in [5.41, 5.74) is 3.53. The molecule has 0 N–H and O–H groups in total. The van der Waals surface area contributed by atoms with Crippen molar-refractivity contribution in [3.63, 3.8) is 0 Å². The van der Waals surface area contributed by atoms with Crippen molar-refractivity contribution in [1.29, 1.82) is 0 Å². The summed E-state index contributed by atoms with van der Waals surface area (Å²) >= 11 is 0. The zero-order valence-electron chi connectivity index (χ0n) is 17.6. The molecule has 5 nitrogen and oxygen atoms in total. The SMILES string of the molecule is C[n+]1cc2c3c(c(Cc4ccccc4)cc2c2ccc4cc5c(cc4c21)OCO5)OCO3. The topological polar surface area (TPSA) is 40.8 Å². The second kappa shape index (κ2) is 6.50. The van der Waals surface area contributed by atoms with Gasteiger partial charge in [0.1, 0.15) is 7.05 Å². The van der Waals surface area contributed by atoms with Crippen molar-refractivity contribution in [3.8, 4) is 23.0 Å². The van der Waals surface area contributed by atoms with Gasteiger partial charge in [-0.2, -0.15) is 4.57 Å². The maximum atomic E-state index is 5.97. The molecule has 0 saturated carbocycles. The molecule has 2 aliphatic heterocycles. The van der Waals surface area contributed by atoms with Crippen LogP contribution in [0.4, 0.5) is 0 Å². The summed E-state index contributed by atoms with van der Waals surface area (Å²) in [5.74, 6) is 3.27. The Kier molecular flexibility index (Phi) is 3.59. The van der Waals surface area contributed by atoms with Crippen molar-refractivity contribution in [1.82, 2.24) is 0 Å². The molecule has 156 valence electrons. The van der Waals surface area contributed by atoms with E-state index in [2.05, 4.69) is 72.4 Å². The molecule has 5 aromatic rings. The van der Waals surface area contributed by atoms with Crippen LogP contribution in [0.3, 0.4) is 0 Å². The minimum atomic E-state index is 0.249. The Bertz CT molecular complexity index is 1560. The van der Waals surface area contributed by atoms with Gasteiger partial charge in [0.05, 0.1) is 16.2 Å². The van der Waals surface area contributed by atoms with Crippen LogP contribution in [0.1, 0.15) is 11.1 Å². The number of aryl methyl sites for hydroxylation is 1. The summed E-state index contributed by atoms with van der Waals surface area (Å²) in [6.45, 7) is 0.518. The lowest BCUT2D eigenvalue weighted by Crippen LogP contribution is -2.28. The number of benzene rings is 4. The highest BCUT2D eigenvalue weighted by molar-refractivity contribution is 6.15. The third-order valence-corrected chi connectivity index (χ3v) is 6.45. The molecule has 5 heteroatoms. The zero-order chi connectivity index (χ0) is 21.2. The number of hydrogen-bond acceptors (Lipinski definition) is 4. The van der Waals surface area contributed by atoms with E-state index in [1.165, 1.54) is 10.9 Å². The Morgan fingerprint density at radius 1 is 0.719 bits per heavy atom. The first-order valence-corrected chi connectivity index (χ1v) is 10.7. The molecule has 32 heavy (non-hydrogen) atoms. The van der Waals surface area contributed by atoms with Gasteiger partial charge in [0.15, 0.2) is 29.2 Å². The summed E-state index contributed by atoms with van der Waals surface area (Å²) in [5, 5.41) is 5.65. The van der Waals surface area contributed by atoms with E-state index in [1.807, 2.05) is 6.07 Å². The zero-order valence-corrected chi connectivity index (χ0v) is 17.6. The van der Waals surface area contributed by atoms with Crippen molar-refractivity contribution < 1.29 is 23.5 Å². The first-order valence-electron chi connectivity index (χ1n) is 10.7. The van der Waals surface area contributed by atoms with E-state index in [4.69, 9.17) is 18.9 Å². The molecule has 4 aromatic carbocycles. The van der Waals surface area contributed by atoms with E-state index in [1.54, 1.807) is 0 Å². The van der Waals surface area contributed by atoms with Crippen LogP contribution in [0.2, 0.25) is 0 Å². The van der Waals surface area contributed by atoms with Crippen molar-refractivity contribution in [3.05, 3.63) is 78.0 Å². The van der Waals surface area contributed by atoms with Gasteiger partial charge in [-0.3, -0.25) is 0 Å². The molecule has 0 unspecified atom stereocenters. The molecule has 0 atom stereocenters. The highest BCUT2D eigenvalue weighted by Crippen LogP contribution is 2.45. The van der Waals surface area contributed by atoms with Crippen LogP contribution in [0.5, 0.6) is 23.0 Å². The molecule has 3 heterocycles. The molecule has 0 fully saturated rings. The van der Waals surface area contributed by atoms with Gasteiger partial charge in [-0.25, -0.2) is 0 Å². The Labute approximate surface area is 184 Å². The largest absolute Gasteiger partial charge is 0.454 e. The second-order valence-corrected chi connectivity index (χ2v) is 8.35. The van der Waals surface area contributed by atoms with Gasteiger partial charge in [-0.15, -0.1) is 0 Å². The van der Waals surface area contributed by atoms with Crippen molar-refractivity contribution >= 4 is 32.4 Å². The molecular formula is C27H20NO4+.